The van der Waals surface area contributed by atoms with E-state index in [1.165, 1.54) is 0 Å². The van der Waals surface area contributed by atoms with Gasteiger partial charge in [0.25, 0.3) is 0 Å². The van der Waals surface area contributed by atoms with Crippen LogP contribution >= 0.6 is 0 Å². The van der Waals surface area contributed by atoms with Crippen molar-refractivity contribution in [2.24, 2.45) is 0 Å². The summed E-state index contributed by atoms with van der Waals surface area (Å²) in [4.78, 5) is 20.7. The highest BCUT2D eigenvalue weighted by Crippen LogP contribution is 2.25. The average Bonchev–Trinajstić information content (AvgIpc) is 2.97. The van der Waals surface area contributed by atoms with Gasteiger partial charge in [0.15, 0.2) is 0 Å². The number of anilines is 2. The molecule has 0 radical (unpaired) electrons. The average molecular weight is 526 g/mol. The molecule has 0 saturated heterocycles. The van der Waals surface area contributed by atoms with E-state index in [0.29, 0.717) is 38.1 Å². The Morgan fingerprint density at radius 3 is 2.26 bits per heavy atom. The third-order valence-electron chi connectivity index (χ3n) is 5.96. The molecule has 0 aliphatic carbocycles. The van der Waals surface area contributed by atoms with Gasteiger partial charge in [-0.3, -0.25) is 4.79 Å². The zero-order valence-corrected chi connectivity index (χ0v) is 22.3. The summed E-state index contributed by atoms with van der Waals surface area (Å²) >= 11 is 0. The fraction of sp³-hybridized carbons (Fsp3) is 0.281. The molecule has 0 amide bonds. The second-order valence-electron chi connectivity index (χ2n) is 9.02. The number of benzene rings is 3. The quantitative estimate of drug-likeness (QED) is 0.128. The van der Waals surface area contributed by atoms with Crippen molar-refractivity contribution in [1.29, 1.82) is 0 Å². The fourth-order valence-corrected chi connectivity index (χ4v) is 3.95. The van der Waals surface area contributed by atoms with E-state index < -0.39 is 0 Å². The molecule has 1 N–H and O–H groups in total. The molecule has 0 unspecified atom stereocenters. The van der Waals surface area contributed by atoms with E-state index in [9.17, 15) is 4.79 Å². The van der Waals surface area contributed by atoms with Crippen LogP contribution in [0.1, 0.15) is 44.6 Å². The van der Waals surface area contributed by atoms with Crippen LogP contribution in [0, 0.1) is 0 Å². The van der Waals surface area contributed by atoms with Crippen LogP contribution in [0.5, 0.6) is 11.6 Å². The van der Waals surface area contributed by atoms with Crippen molar-refractivity contribution in [1.82, 2.24) is 9.97 Å². The molecule has 4 rings (SSSR count). The third kappa shape index (κ3) is 9.45. The monoisotopic (exact) mass is 525 g/mol. The number of nitrogens with zero attached hydrogens (tertiary/aromatic N) is 2. The molecule has 0 aliphatic heterocycles. The largest absolute Gasteiger partial charge is 0.494 e. The molecular weight excluding hydrogens is 490 g/mol. The summed E-state index contributed by atoms with van der Waals surface area (Å²) in [5.74, 6) is 1.64. The molecular formula is C32H35N3O4. The molecule has 4 aromatic rings. The molecule has 7 nitrogen and oxygen atoms in total. The number of rotatable bonds is 15. The molecule has 202 valence electrons. The Hall–Kier alpha value is -4.39. The van der Waals surface area contributed by atoms with Gasteiger partial charge in [0.05, 0.1) is 18.9 Å². The Morgan fingerprint density at radius 2 is 1.51 bits per heavy atom. The number of carbonyl (C=O) groups is 1. The van der Waals surface area contributed by atoms with Gasteiger partial charge in [-0.2, -0.15) is 4.98 Å². The summed E-state index contributed by atoms with van der Waals surface area (Å²) < 4.78 is 16.8. The molecule has 3 aromatic carbocycles. The van der Waals surface area contributed by atoms with Gasteiger partial charge in [0, 0.05) is 23.7 Å². The van der Waals surface area contributed by atoms with Gasteiger partial charge in [-0.1, -0.05) is 73.5 Å². The Bertz CT molecular complexity index is 1280. The van der Waals surface area contributed by atoms with E-state index in [1.807, 2.05) is 97.9 Å². The zero-order chi connectivity index (χ0) is 27.1. The van der Waals surface area contributed by atoms with Gasteiger partial charge >= 0.3 is 5.97 Å². The number of unbranched alkanes of at least 4 members (excludes halogenated alkanes) is 3. The Labute approximate surface area is 230 Å². The van der Waals surface area contributed by atoms with Crippen molar-refractivity contribution in [3.05, 3.63) is 96.6 Å². The smallest absolute Gasteiger partial charge is 0.305 e. The van der Waals surface area contributed by atoms with Crippen LogP contribution in [0.25, 0.3) is 11.3 Å². The van der Waals surface area contributed by atoms with Crippen LogP contribution in [0.2, 0.25) is 0 Å². The maximum Gasteiger partial charge on any atom is 0.305 e. The lowest BCUT2D eigenvalue weighted by Gasteiger charge is -2.12. The first-order valence-electron chi connectivity index (χ1n) is 13.5. The molecule has 7 heteroatoms. The van der Waals surface area contributed by atoms with Crippen molar-refractivity contribution >= 4 is 17.6 Å². The minimum atomic E-state index is -0.115. The maximum absolute atomic E-state index is 11.4. The Kier molecular flexibility index (Phi) is 10.7. The van der Waals surface area contributed by atoms with Crippen LogP contribution in [-0.4, -0.2) is 29.2 Å². The molecule has 1 aromatic heterocycles. The maximum atomic E-state index is 11.4. The first-order valence-corrected chi connectivity index (χ1v) is 13.5. The molecule has 0 aliphatic rings. The number of ether oxygens (including phenoxy) is 3. The van der Waals surface area contributed by atoms with E-state index in [-0.39, 0.29) is 5.97 Å². The Balaban J connectivity index is 1.31. The van der Waals surface area contributed by atoms with Gasteiger partial charge < -0.3 is 19.5 Å². The number of carbonyl (C=O) groups excluding carboxylic acids is 1. The molecule has 0 spiro atoms. The van der Waals surface area contributed by atoms with Gasteiger partial charge in [-0.25, -0.2) is 4.98 Å². The fourth-order valence-electron chi connectivity index (χ4n) is 3.95. The summed E-state index contributed by atoms with van der Waals surface area (Å²) in [7, 11) is 0. The topological polar surface area (TPSA) is 82.6 Å². The lowest BCUT2D eigenvalue weighted by atomic mass is 10.1. The number of esters is 1. The van der Waals surface area contributed by atoms with Gasteiger partial charge in [0.2, 0.25) is 11.8 Å². The first-order chi connectivity index (χ1) is 19.2. The summed E-state index contributed by atoms with van der Waals surface area (Å²) in [6, 6.07) is 29.6. The highest BCUT2D eigenvalue weighted by atomic mass is 16.5. The van der Waals surface area contributed by atoms with Gasteiger partial charge in [0.1, 0.15) is 12.4 Å². The second-order valence-corrected chi connectivity index (χ2v) is 9.02. The van der Waals surface area contributed by atoms with E-state index in [1.54, 1.807) is 0 Å². The minimum Gasteiger partial charge on any atom is -0.494 e. The molecule has 1 heterocycles. The van der Waals surface area contributed by atoms with Crippen LogP contribution < -0.4 is 14.8 Å². The lowest BCUT2D eigenvalue weighted by molar-refractivity contribution is -0.143. The summed E-state index contributed by atoms with van der Waals surface area (Å²) in [6.45, 7) is 3.33. The highest BCUT2D eigenvalue weighted by Gasteiger charge is 2.09. The van der Waals surface area contributed by atoms with Crippen LogP contribution in [0.4, 0.5) is 11.6 Å². The SMILES string of the molecule is CCOC(=O)CCCCCCOc1ccc(Nc2nc(OCc3ccccc3)cc(-c3ccccc3)n2)cc1. The van der Waals surface area contributed by atoms with Crippen LogP contribution in [0.3, 0.4) is 0 Å². The predicted molar refractivity (Wildman–Crippen MR) is 153 cm³/mol. The van der Waals surface area contributed by atoms with E-state index in [0.717, 1.165) is 53.9 Å². The molecule has 39 heavy (non-hydrogen) atoms. The number of aromatic nitrogens is 2. The number of hydrogen-bond donors (Lipinski definition) is 1. The van der Waals surface area contributed by atoms with E-state index in [2.05, 4.69) is 10.3 Å². The standard InChI is InChI=1S/C32H35N3O4/c1-2-37-31(36)17-11-3-4-12-22-38-28-20-18-27(19-21-28)33-32-34-29(26-15-9-6-10-16-26)23-30(35-32)39-24-25-13-7-5-8-14-25/h5-10,13-16,18-21,23H,2-4,11-12,17,22,24H2,1H3,(H,33,34,35). The van der Waals surface area contributed by atoms with Gasteiger partial charge in [-0.15, -0.1) is 0 Å². The van der Waals surface area contributed by atoms with E-state index >= 15 is 0 Å². The molecule has 0 fully saturated rings. The van der Waals surface area contributed by atoms with Crippen molar-refractivity contribution in [3.8, 4) is 22.9 Å². The molecule has 0 atom stereocenters. The van der Waals surface area contributed by atoms with Crippen molar-refractivity contribution < 1.29 is 19.0 Å². The first kappa shape index (κ1) is 27.6. The lowest BCUT2D eigenvalue weighted by Crippen LogP contribution is -2.03. The van der Waals surface area contributed by atoms with Crippen molar-refractivity contribution in [2.45, 2.75) is 45.6 Å². The predicted octanol–water partition coefficient (Wildman–Crippen LogP) is 7.36. The molecule has 0 bridgehead atoms. The Morgan fingerprint density at radius 1 is 0.795 bits per heavy atom. The van der Waals surface area contributed by atoms with Gasteiger partial charge in [-0.05, 0) is 49.6 Å². The van der Waals surface area contributed by atoms with Crippen molar-refractivity contribution in [2.75, 3.05) is 18.5 Å². The number of nitrogens with one attached hydrogen (secondary N) is 1. The summed E-state index contributed by atoms with van der Waals surface area (Å²) in [6.07, 6.45) is 4.29. The third-order valence-corrected chi connectivity index (χ3v) is 5.96. The van der Waals surface area contributed by atoms with E-state index in [4.69, 9.17) is 19.2 Å². The minimum absolute atomic E-state index is 0.115. The van der Waals surface area contributed by atoms with Crippen molar-refractivity contribution in [3.63, 3.8) is 0 Å². The summed E-state index contributed by atoms with van der Waals surface area (Å²) in [5.41, 5.74) is 3.68. The molecule has 0 saturated carbocycles. The van der Waals surface area contributed by atoms with Crippen LogP contribution in [0.15, 0.2) is 91.0 Å². The zero-order valence-electron chi connectivity index (χ0n) is 22.3. The number of hydrogen-bond acceptors (Lipinski definition) is 7. The highest BCUT2D eigenvalue weighted by molar-refractivity contribution is 5.69. The van der Waals surface area contributed by atoms with Crippen LogP contribution in [-0.2, 0) is 16.1 Å². The second kappa shape index (κ2) is 15.1. The summed E-state index contributed by atoms with van der Waals surface area (Å²) in [5, 5.41) is 3.29. The normalized spacial score (nSPS) is 10.6.